The fraction of sp³-hybridized carbons (Fsp3) is 0.250. The Morgan fingerprint density at radius 1 is 1.36 bits per heavy atom. The van der Waals surface area contributed by atoms with Gasteiger partial charge in [-0.2, -0.15) is 0 Å². The maximum Gasteiger partial charge on any atom is 0.162 e. The summed E-state index contributed by atoms with van der Waals surface area (Å²) >= 11 is 2.23. The maximum atomic E-state index is 11.6. The minimum absolute atomic E-state index is 0.225. The van der Waals surface area contributed by atoms with Gasteiger partial charge in [0.1, 0.15) is 0 Å². The SMILES string of the molecule is C=CCCCC(=O)c1ccc(I)cc1. The van der Waals surface area contributed by atoms with Gasteiger partial charge in [0.2, 0.25) is 0 Å². The maximum absolute atomic E-state index is 11.6. The van der Waals surface area contributed by atoms with Gasteiger partial charge in [0.15, 0.2) is 5.78 Å². The summed E-state index contributed by atoms with van der Waals surface area (Å²) in [6.45, 7) is 3.63. The van der Waals surface area contributed by atoms with Crippen LogP contribution in [-0.2, 0) is 0 Å². The Morgan fingerprint density at radius 2 is 2.00 bits per heavy atom. The zero-order valence-corrected chi connectivity index (χ0v) is 10.2. The molecule has 0 spiro atoms. The summed E-state index contributed by atoms with van der Waals surface area (Å²) < 4.78 is 1.16. The third-order valence-electron chi connectivity index (χ3n) is 1.98. The summed E-state index contributed by atoms with van der Waals surface area (Å²) in [7, 11) is 0. The predicted molar refractivity (Wildman–Crippen MR) is 67.5 cm³/mol. The van der Waals surface area contributed by atoms with E-state index >= 15 is 0 Å². The number of ketones is 1. The lowest BCUT2D eigenvalue weighted by atomic mass is 10.1. The first-order valence-corrected chi connectivity index (χ1v) is 5.71. The second-order valence-corrected chi connectivity index (χ2v) is 4.36. The Labute approximate surface area is 98.4 Å². The van der Waals surface area contributed by atoms with Crippen LogP contribution in [0.25, 0.3) is 0 Å². The summed E-state index contributed by atoms with van der Waals surface area (Å²) in [6.07, 6.45) is 4.28. The highest BCUT2D eigenvalue weighted by molar-refractivity contribution is 14.1. The van der Waals surface area contributed by atoms with Crippen molar-refractivity contribution in [3.05, 3.63) is 46.1 Å². The van der Waals surface area contributed by atoms with Gasteiger partial charge in [0, 0.05) is 15.6 Å². The number of benzene rings is 1. The zero-order valence-electron chi connectivity index (χ0n) is 8.00. The van der Waals surface area contributed by atoms with E-state index in [4.69, 9.17) is 0 Å². The van der Waals surface area contributed by atoms with Gasteiger partial charge in [-0.25, -0.2) is 0 Å². The van der Waals surface area contributed by atoms with Crippen molar-refractivity contribution in [2.75, 3.05) is 0 Å². The molecule has 0 N–H and O–H groups in total. The fourth-order valence-corrected chi connectivity index (χ4v) is 1.55. The van der Waals surface area contributed by atoms with E-state index in [2.05, 4.69) is 29.2 Å². The molecule has 0 aromatic heterocycles. The van der Waals surface area contributed by atoms with Crippen LogP contribution in [0.1, 0.15) is 29.6 Å². The van der Waals surface area contributed by atoms with Crippen LogP contribution < -0.4 is 0 Å². The highest BCUT2D eigenvalue weighted by Crippen LogP contribution is 2.10. The molecule has 0 saturated heterocycles. The second kappa shape index (κ2) is 5.96. The Bertz CT molecular complexity index is 314. The number of unbranched alkanes of at least 4 members (excludes halogenated alkanes) is 1. The molecule has 74 valence electrons. The van der Waals surface area contributed by atoms with E-state index in [1.807, 2.05) is 30.3 Å². The number of carbonyl (C=O) groups excluding carboxylic acids is 1. The number of carbonyl (C=O) groups is 1. The standard InChI is InChI=1S/C12H13IO/c1-2-3-4-5-12(14)10-6-8-11(13)9-7-10/h2,6-9H,1,3-5H2. The molecule has 0 aliphatic rings. The van der Waals surface area contributed by atoms with Gasteiger partial charge in [0.05, 0.1) is 0 Å². The normalized spacial score (nSPS) is 9.79. The van der Waals surface area contributed by atoms with Crippen molar-refractivity contribution in [2.24, 2.45) is 0 Å². The molecule has 2 heteroatoms. The molecule has 0 fully saturated rings. The van der Waals surface area contributed by atoms with E-state index in [0.717, 1.165) is 22.0 Å². The fourth-order valence-electron chi connectivity index (χ4n) is 1.19. The number of hydrogen-bond donors (Lipinski definition) is 0. The molecule has 0 saturated carbocycles. The average Bonchev–Trinajstić information content (AvgIpc) is 2.19. The Balaban J connectivity index is 2.52. The molecule has 0 aliphatic carbocycles. The van der Waals surface area contributed by atoms with Gasteiger partial charge in [0.25, 0.3) is 0 Å². The van der Waals surface area contributed by atoms with E-state index in [-0.39, 0.29) is 5.78 Å². The molecule has 0 unspecified atom stereocenters. The first-order valence-electron chi connectivity index (χ1n) is 4.63. The zero-order chi connectivity index (χ0) is 10.4. The van der Waals surface area contributed by atoms with Gasteiger partial charge in [-0.3, -0.25) is 4.79 Å². The second-order valence-electron chi connectivity index (χ2n) is 3.11. The molecule has 1 aromatic carbocycles. The minimum atomic E-state index is 0.225. The highest BCUT2D eigenvalue weighted by atomic mass is 127. The molecule has 0 amide bonds. The summed E-state index contributed by atoms with van der Waals surface area (Å²) in [5.74, 6) is 0.225. The Kier molecular flexibility index (Phi) is 4.87. The number of Topliss-reactive ketones (excluding diaryl/α,β-unsaturated/α-hetero) is 1. The van der Waals surface area contributed by atoms with Gasteiger partial charge >= 0.3 is 0 Å². The van der Waals surface area contributed by atoms with Crippen molar-refractivity contribution in [1.82, 2.24) is 0 Å². The third kappa shape index (κ3) is 3.62. The summed E-state index contributed by atoms with van der Waals surface area (Å²) in [4.78, 5) is 11.6. The van der Waals surface area contributed by atoms with Crippen LogP contribution >= 0.6 is 22.6 Å². The number of hydrogen-bond acceptors (Lipinski definition) is 1. The van der Waals surface area contributed by atoms with E-state index in [9.17, 15) is 4.79 Å². The van der Waals surface area contributed by atoms with Crippen molar-refractivity contribution in [3.8, 4) is 0 Å². The number of allylic oxidation sites excluding steroid dienone is 1. The third-order valence-corrected chi connectivity index (χ3v) is 2.70. The topological polar surface area (TPSA) is 17.1 Å². The molecule has 1 rings (SSSR count). The molecular formula is C12H13IO. The lowest BCUT2D eigenvalue weighted by molar-refractivity contribution is 0.0980. The van der Waals surface area contributed by atoms with E-state index < -0.39 is 0 Å². The first-order chi connectivity index (χ1) is 6.74. The summed E-state index contributed by atoms with van der Waals surface area (Å²) in [6, 6.07) is 7.69. The number of rotatable bonds is 5. The van der Waals surface area contributed by atoms with Crippen LogP contribution in [0, 0.1) is 3.57 Å². The summed E-state index contributed by atoms with van der Waals surface area (Å²) in [5.41, 5.74) is 0.814. The van der Waals surface area contributed by atoms with E-state index in [0.29, 0.717) is 6.42 Å². The van der Waals surface area contributed by atoms with Gasteiger partial charge < -0.3 is 0 Å². The van der Waals surface area contributed by atoms with Crippen LogP contribution in [0.5, 0.6) is 0 Å². The Morgan fingerprint density at radius 3 is 2.57 bits per heavy atom. The van der Waals surface area contributed by atoms with Crippen LogP contribution in [-0.4, -0.2) is 5.78 Å². The van der Waals surface area contributed by atoms with Crippen LogP contribution in [0.2, 0.25) is 0 Å². The number of halogens is 1. The molecule has 14 heavy (non-hydrogen) atoms. The molecular weight excluding hydrogens is 287 g/mol. The lowest BCUT2D eigenvalue weighted by Crippen LogP contribution is -1.98. The Hall–Kier alpha value is -0.640. The average molecular weight is 300 g/mol. The van der Waals surface area contributed by atoms with E-state index in [1.165, 1.54) is 0 Å². The molecule has 1 aromatic rings. The van der Waals surface area contributed by atoms with Gasteiger partial charge in [-0.05, 0) is 47.6 Å². The van der Waals surface area contributed by atoms with Gasteiger partial charge in [-0.15, -0.1) is 6.58 Å². The largest absolute Gasteiger partial charge is 0.294 e. The molecule has 0 atom stereocenters. The quantitative estimate of drug-likeness (QED) is 0.349. The minimum Gasteiger partial charge on any atom is -0.294 e. The highest BCUT2D eigenvalue weighted by Gasteiger charge is 2.03. The molecule has 0 radical (unpaired) electrons. The van der Waals surface area contributed by atoms with Crippen molar-refractivity contribution in [2.45, 2.75) is 19.3 Å². The van der Waals surface area contributed by atoms with E-state index in [1.54, 1.807) is 0 Å². The lowest BCUT2D eigenvalue weighted by Gasteiger charge is -1.99. The van der Waals surface area contributed by atoms with Crippen molar-refractivity contribution in [1.29, 1.82) is 0 Å². The van der Waals surface area contributed by atoms with Crippen molar-refractivity contribution >= 4 is 28.4 Å². The molecule has 0 bridgehead atoms. The molecule has 1 nitrogen and oxygen atoms in total. The molecule has 0 heterocycles. The van der Waals surface area contributed by atoms with Gasteiger partial charge in [-0.1, -0.05) is 18.2 Å². The van der Waals surface area contributed by atoms with Crippen molar-refractivity contribution < 1.29 is 4.79 Å². The predicted octanol–water partition coefficient (Wildman–Crippen LogP) is 3.83. The molecule has 0 aliphatic heterocycles. The van der Waals surface area contributed by atoms with Crippen LogP contribution in [0.15, 0.2) is 36.9 Å². The smallest absolute Gasteiger partial charge is 0.162 e. The monoisotopic (exact) mass is 300 g/mol. The van der Waals surface area contributed by atoms with Crippen molar-refractivity contribution in [3.63, 3.8) is 0 Å². The van der Waals surface area contributed by atoms with Crippen LogP contribution in [0.3, 0.4) is 0 Å². The van der Waals surface area contributed by atoms with Crippen LogP contribution in [0.4, 0.5) is 0 Å². The first kappa shape index (κ1) is 11.4. The summed E-state index contributed by atoms with van der Waals surface area (Å²) in [5, 5.41) is 0.